The Balaban J connectivity index is 1.54. The number of carbonyl (C=O) groups excluding carboxylic acids is 2. The Hall–Kier alpha value is -4.43. The van der Waals surface area contributed by atoms with Crippen LogP contribution in [-0.4, -0.2) is 21.6 Å². The maximum atomic E-state index is 13.9. The quantitative estimate of drug-likeness (QED) is 0.290. The smallest absolute Gasteiger partial charge is 0.269 e. The number of ketones is 2. The number of thiocarbonyl (C=S) groups is 1. The van der Waals surface area contributed by atoms with E-state index in [1.165, 1.54) is 12.1 Å². The molecule has 6 rings (SSSR count). The number of benzene rings is 3. The van der Waals surface area contributed by atoms with E-state index in [1.54, 1.807) is 24.3 Å². The molecular formula is C29H21N3O4S. The van der Waals surface area contributed by atoms with Crippen LogP contribution < -0.4 is 10.6 Å². The molecule has 1 aliphatic heterocycles. The molecule has 182 valence electrons. The van der Waals surface area contributed by atoms with Crippen molar-refractivity contribution in [2.24, 2.45) is 5.92 Å². The fourth-order valence-electron chi connectivity index (χ4n) is 5.66. The molecule has 2 N–H and O–H groups in total. The third kappa shape index (κ3) is 3.86. The van der Waals surface area contributed by atoms with Gasteiger partial charge in [0.1, 0.15) is 5.78 Å². The highest BCUT2D eigenvalue weighted by molar-refractivity contribution is 7.80. The number of allylic oxidation sites excluding steroid dienone is 3. The molecule has 0 saturated heterocycles. The summed E-state index contributed by atoms with van der Waals surface area (Å²) in [6.45, 7) is 0. The van der Waals surface area contributed by atoms with E-state index in [9.17, 15) is 19.7 Å². The molecule has 37 heavy (non-hydrogen) atoms. The minimum absolute atomic E-state index is 0.0741. The van der Waals surface area contributed by atoms with Crippen molar-refractivity contribution in [3.63, 3.8) is 0 Å². The number of hydrogen-bond acceptors (Lipinski definition) is 5. The summed E-state index contributed by atoms with van der Waals surface area (Å²) in [6, 6.07) is 22.9. The van der Waals surface area contributed by atoms with Gasteiger partial charge in [0.15, 0.2) is 10.9 Å². The zero-order chi connectivity index (χ0) is 25.7. The molecule has 0 saturated carbocycles. The van der Waals surface area contributed by atoms with E-state index in [0.29, 0.717) is 33.1 Å². The molecular weight excluding hydrogens is 486 g/mol. The predicted molar refractivity (Wildman–Crippen MR) is 143 cm³/mol. The van der Waals surface area contributed by atoms with Crippen molar-refractivity contribution < 1.29 is 14.5 Å². The van der Waals surface area contributed by atoms with Gasteiger partial charge in [0.05, 0.1) is 16.9 Å². The zero-order valence-electron chi connectivity index (χ0n) is 19.5. The topological polar surface area (TPSA) is 101 Å². The number of Topliss-reactive ketones (excluding diaryl/α,β-unsaturated/α-hetero) is 2. The maximum absolute atomic E-state index is 13.9. The van der Waals surface area contributed by atoms with Gasteiger partial charge in [0, 0.05) is 41.3 Å². The van der Waals surface area contributed by atoms with Crippen LogP contribution in [0.2, 0.25) is 0 Å². The molecule has 3 unspecified atom stereocenters. The lowest BCUT2D eigenvalue weighted by Gasteiger charge is -2.37. The van der Waals surface area contributed by atoms with Crippen molar-refractivity contribution in [2.45, 2.75) is 18.4 Å². The van der Waals surface area contributed by atoms with Gasteiger partial charge in [-0.2, -0.15) is 0 Å². The van der Waals surface area contributed by atoms with E-state index in [-0.39, 0.29) is 29.7 Å². The zero-order valence-corrected chi connectivity index (χ0v) is 20.3. The van der Waals surface area contributed by atoms with Gasteiger partial charge in [-0.3, -0.25) is 19.7 Å². The second-order valence-electron chi connectivity index (χ2n) is 9.33. The van der Waals surface area contributed by atoms with Crippen molar-refractivity contribution in [2.75, 3.05) is 0 Å². The second-order valence-corrected chi connectivity index (χ2v) is 9.73. The average Bonchev–Trinajstić information content (AvgIpc) is 3.19. The van der Waals surface area contributed by atoms with Gasteiger partial charge in [0.25, 0.3) is 5.69 Å². The van der Waals surface area contributed by atoms with E-state index in [4.69, 9.17) is 12.2 Å². The van der Waals surface area contributed by atoms with Crippen LogP contribution in [0.15, 0.2) is 96.2 Å². The van der Waals surface area contributed by atoms with Crippen molar-refractivity contribution in [1.82, 2.24) is 10.6 Å². The predicted octanol–water partition coefficient (Wildman–Crippen LogP) is 5.02. The molecule has 0 amide bonds. The Kier molecular flexibility index (Phi) is 5.53. The lowest BCUT2D eigenvalue weighted by Crippen LogP contribution is -2.46. The molecule has 3 atom stereocenters. The van der Waals surface area contributed by atoms with Crippen LogP contribution in [0, 0.1) is 16.0 Å². The van der Waals surface area contributed by atoms with Gasteiger partial charge < -0.3 is 10.6 Å². The van der Waals surface area contributed by atoms with Crippen molar-refractivity contribution in [3.8, 4) is 0 Å². The molecule has 3 aromatic carbocycles. The van der Waals surface area contributed by atoms with Gasteiger partial charge in [-0.1, -0.05) is 66.7 Å². The Labute approximate surface area is 218 Å². The monoisotopic (exact) mass is 507 g/mol. The molecule has 0 fully saturated rings. The minimum Gasteiger partial charge on any atom is -0.352 e. The molecule has 2 aliphatic carbocycles. The van der Waals surface area contributed by atoms with Gasteiger partial charge in [-0.05, 0) is 40.6 Å². The minimum atomic E-state index is -0.759. The van der Waals surface area contributed by atoms with Gasteiger partial charge in [-0.25, -0.2) is 0 Å². The highest BCUT2D eigenvalue weighted by Gasteiger charge is 2.47. The van der Waals surface area contributed by atoms with E-state index in [1.807, 2.05) is 48.5 Å². The first-order chi connectivity index (χ1) is 17.9. The van der Waals surface area contributed by atoms with E-state index in [0.717, 1.165) is 11.1 Å². The second kappa shape index (κ2) is 8.90. The summed E-state index contributed by atoms with van der Waals surface area (Å²) in [5, 5.41) is 18.4. The normalized spacial score (nSPS) is 22.5. The number of carbonyl (C=O) groups is 2. The number of nitrogens with one attached hydrogen (secondary N) is 2. The van der Waals surface area contributed by atoms with Gasteiger partial charge in [0.2, 0.25) is 0 Å². The van der Waals surface area contributed by atoms with E-state index < -0.39 is 16.8 Å². The average molecular weight is 508 g/mol. The SMILES string of the molecule is O=C1C2=C(CC(=O)C(C3=CC(c4ccccc4)NC(=S)N3)C2c2cccc([N+](=O)[O-])c2)c2ccccc21. The van der Waals surface area contributed by atoms with Crippen LogP contribution in [0.4, 0.5) is 5.69 Å². The van der Waals surface area contributed by atoms with E-state index in [2.05, 4.69) is 10.6 Å². The number of non-ortho nitro benzene ring substituents is 1. The molecule has 0 spiro atoms. The first-order valence-electron chi connectivity index (χ1n) is 11.9. The Morgan fingerprint density at radius 3 is 2.32 bits per heavy atom. The molecule has 8 heteroatoms. The number of hydrogen-bond donors (Lipinski definition) is 2. The molecule has 7 nitrogen and oxygen atoms in total. The Morgan fingerprint density at radius 1 is 0.865 bits per heavy atom. The van der Waals surface area contributed by atoms with Crippen LogP contribution in [0.3, 0.4) is 0 Å². The van der Waals surface area contributed by atoms with Gasteiger partial charge >= 0.3 is 0 Å². The Morgan fingerprint density at radius 2 is 1.57 bits per heavy atom. The van der Waals surface area contributed by atoms with Crippen LogP contribution >= 0.6 is 12.2 Å². The fourth-order valence-corrected chi connectivity index (χ4v) is 5.91. The van der Waals surface area contributed by atoms with Gasteiger partial charge in [-0.15, -0.1) is 0 Å². The summed E-state index contributed by atoms with van der Waals surface area (Å²) in [5.41, 5.74) is 4.56. The van der Waals surface area contributed by atoms with Crippen molar-refractivity contribution in [1.29, 1.82) is 0 Å². The summed E-state index contributed by atoms with van der Waals surface area (Å²) in [6.07, 6.45) is 2.03. The third-order valence-corrected chi connectivity index (χ3v) is 7.45. The number of rotatable bonds is 4. The summed E-state index contributed by atoms with van der Waals surface area (Å²) in [4.78, 5) is 38.8. The van der Waals surface area contributed by atoms with Crippen LogP contribution in [-0.2, 0) is 4.79 Å². The van der Waals surface area contributed by atoms with Crippen molar-refractivity contribution >= 4 is 40.2 Å². The highest BCUT2D eigenvalue weighted by Crippen LogP contribution is 2.51. The van der Waals surface area contributed by atoms with E-state index >= 15 is 0 Å². The Bertz CT molecular complexity index is 1560. The molecule has 3 aliphatic rings. The highest BCUT2D eigenvalue weighted by atomic mass is 32.1. The molecule has 0 aromatic heterocycles. The number of nitro groups is 1. The maximum Gasteiger partial charge on any atom is 0.269 e. The van der Waals surface area contributed by atoms with Crippen LogP contribution in [0.5, 0.6) is 0 Å². The summed E-state index contributed by atoms with van der Waals surface area (Å²) < 4.78 is 0. The standard InChI is InChI=1S/C29H21N3O4S/c33-24-14-21-19-11-4-5-12-20(19)28(34)26(21)25(17-9-6-10-18(13-17)32(35)36)27(24)23-15-22(30-29(37)31-23)16-7-2-1-3-8-16/h1-13,15,22,25,27H,14H2,(H2,30,31,37). The number of fused-ring (bicyclic) bond motifs is 2. The lowest BCUT2D eigenvalue weighted by atomic mass is 9.69. The summed E-state index contributed by atoms with van der Waals surface area (Å²) in [5.74, 6) is -1.68. The first kappa shape index (κ1) is 23.0. The summed E-state index contributed by atoms with van der Waals surface area (Å²) in [7, 11) is 0. The van der Waals surface area contributed by atoms with Crippen molar-refractivity contribution in [3.05, 3.63) is 129 Å². The number of nitro benzene ring substituents is 1. The van der Waals surface area contributed by atoms with Crippen LogP contribution in [0.25, 0.3) is 5.57 Å². The molecule has 0 radical (unpaired) electrons. The lowest BCUT2D eigenvalue weighted by molar-refractivity contribution is -0.384. The number of nitrogens with zero attached hydrogens (tertiary/aromatic N) is 1. The fraction of sp³-hybridized carbons (Fsp3) is 0.138. The molecule has 3 aromatic rings. The molecule has 1 heterocycles. The first-order valence-corrected chi connectivity index (χ1v) is 12.3. The largest absolute Gasteiger partial charge is 0.352 e. The molecule has 0 bridgehead atoms. The third-order valence-electron chi connectivity index (χ3n) is 7.23. The van der Waals surface area contributed by atoms with Crippen LogP contribution in [0.1, 0.15) is 45.4 Å². The summed E-state index contributed by atoms with van der Waals surface area (Å²) >= 11 is 5.51.